The number of hydrogen-bond donors (Lipinski definition) is 2. The van der Waals surface area contributed by atoms with Crippen molar-refractivity contribution in [3.8, 4) is 0 Å². The zero-order valence-electron chi connectivity index (χ0n) is 7.73. The van der Waals surface area contributed by atoms with Crippen molar-refractivity contribution in [1.29, 1.82) is 0 Å². The molecule has 0 aliphatic rings. The van der Waals surface area contributed by atoms with Crippen molar-refractivity contribution >= 4 is 5.97 Å². The van der Waals surface area contributed by atoms with Gasteiger partial charge in [0.25, 0.3) is 0 Å². The van der Waals surface area contributed by atoms with Gasteiger partial charge in [0.05, 0.1) is 26.4 Å². The van der Waals surface area contributed by atoms with Gasteiger partial charge in [0, 0.05) is 13.2 Å². The average Bonchev–Trinajstić information content (AvgIpc) is 2.14. The minimum atomic E-state index is -0.981. The van der Waals surface area contributed by atoms with Crippen molar-refractivity contribution < 1.29 is 24.5 Å². The Kier molecular flexibility index (Phi) is 15.4. The monoisotopic (exact) mass is 192 g/mol. The molecule has 0 saturated heterocycles. The number of ether oxygens (including phenoxy) is 2. The van der Waals surface area contributed by atoms with Crippen LogP contribution in [0.15, 0.2) is 12.7 Å². The number of carboxylic acids is 1. The van der Waals surface area contributed by atoms with E-state index in [1.54, 1.807) is 7.11 Å². The summed E-state index contributed by atoms with van der Waals surface area (Å²) in [5.41, 5.74) is 0. The molecule has 0 fully saturated rings. The number of hydrogen-bond acceptors (Lipinski definition) is 4. The molecule has 2 N–H and O–H groups in total. The normalized spacial score (nSPS) is 8.46. The van der Waals surface area contributed by atoms with Gasteiger partial charge in [-0.3, -0.25) is 0 Å². The SMILES string of the molecule is C=CC(=O)O.COCCOCCO. The Morgan fingerprint density at radius 2 is 2.00 bits per heavy atom. The van der Waals surface area contributed by atoms with Crippen molar-refractivity contribution in [3.05, 3.63) is 12.7 Å². The number of methoxy groups -OCH3 is 1. The molecule has 0 aliphatic heterocycles. The first-order valence-corrected chi connectivity index (χ1v) is 3.72. The van der Waals surface area contributed by atoms with E-state index in [1.807, 2.05) is 0 Å². The molecule has 0 aromatic carbocycles. The fraction of sp³-hybridized carbons (Fsp3) is 0.625. The summed E-state index contributed by atoms with van der Waals surface area (Å²) in [6, 6.07) is 0. The van der Waals surface area contributed by atoms with Crippen LogP contribution >= 0.6 is 0 Å². The van der Waals surface area contributed by atoms with E-state index in [2.05, 4.69) is 11.3 Å². The quantitative estimate of drug-likeness (QED) is 0.454. The summed E-state index contributed by atoms with van der Waals surface area (Å²) in [5, 5.41) is 15.8. The van der Waals surface area contributed by atoms with Crippen LogP contribution < -0.4 is 0 Å². The van der Waals surface area contributed by atoms with Crippen LogP contribution in [0.4, 0.5) is 0 Å². The highest BCUT2D eigenvalue weighted by atomic mass is 16.5. The molecule has 0 saturated carbocycles. The molecule has 0 aromatic heterocycles. The van der Waals surface area contributed by atoms with Crippen LogP contribution in [0.1, 0.15) is 0 Å². The molecule has 5 heteroatoms. The minimum Gasteiger partial charge on any atom is -0.478 e. The molecular formula is C8H16O5. The lowest BCUT2D eigenvalue weighted by atomic mass is 10.7. The van der Waals surface area contributed by atoms with E-state index in [0.717, 1.165) is 6.08 Å². The van der Waals surface area contributed by atoms with Gasteiger partial charge < -0.3 is 19.7 Å². The summed E-state index contributed by atoms with van der Waals surface area (Å²) in [5.74, 6) is -0.981. The second kappa shape index (κ2) is 13.7. The molecule has 0 radical (unpaired) electrons. The summed E-state index contributed by atoms with van der Waals surface area (Å²) >= 11 is 0. The molecular weight excluding hydrogens is 176 g/mol. The molecule has 0 rings (SSSR count). The van der Waals surface area contributed by atoms with E-state index in [-0.39, 0.29) is 6.61 Å². The maximum absolute atomic E-state index is 9.25. The van der Waals surface area contributed by atoms with Crippen molar-refractivity contribution in [2.75, 3.05) is 33.5 Å². The second-order valence-electron chi connectivity index (χ2n) is 1.87. The lowest BCUT2D eigenvalue weighted by molar-refractivity contribution is -0.131. The van der Waals surface area contributed by atoms with Gasteiger partial charge in [-0.1, -0.05) is 6.58 Å². The molecule has 78 valence electrons. The van der Waals surface area contributed by atoms with Gasteiger partial charge in [0.15, 0.2) is 0 Å². The fourth-order valence-electron chi connectivity index (χ4n) is 0.309. The standard InChI is InChI=1S/C5H12O3.C3H4O2/c1-7-4-5-8-3-2-6;1-2-3(4)5/h6H,2-5H2,1H3;2H,1H2,(H,4,5). The molecule has 0 atom stereocenters. The van der Waals surface area contributed by atoms with Gasteiger partial charge in [-0.25, -0.2) is 4.79 Å². The highest BCUT2D eigenvalue weighted by Crippen LogP contribution is 1.72. The molecule has 0 unspecified atom stereocenters. The molecule has 13 heavy (non-hydrogen) atoms. The van der Waals surface area contributed by atoms with Gasteiger partial charge in [0.2, 0.25) is 0 Å². The summed E-state index contributed by atoms with van der Waals surface area (Å²) in [6.07, 6.45) is 0.833. The second-order valence-corrected chi connectivity index (χ2v) is 1.87. The summed E-state index contributed by atoms with van der Waals surface area (Å²) in [6.45, 7) is 4.62. The van der Waals surface area contributed by atoms with Crippen LogP contribution in [0.25, 0.3) is 0 Å². The van der Waals surface area contributed by atoms with Gasteiger partial charge in [-0.2, -0.15) is 0 Å². The zero-order valence-corrected chi connectivity index (χ0v) is 7.73. The third kappa shape index (κ3) is 24.7. The number of aliphatic hydroxyl groups excluding tert-OH is 1. The molecule has 5 nitrogen and oxygen atoms in total. The molecule has 0 aliphatic carbocycles. The molecule has 0 spiro atoms. The largest absolute Gasteiger partial charge is 0.478 e. The summed E-state index contributed by atoms with van der Waals surface area (Å²) in [7, 11) is 1.61. The number of rotatable bonds is 6. The van der Waals surface area contributed by atoms with E-state index >= 15 is 0 Å². The maximum atomic E-state index is 9.25. The summed E-state index contributed by atoms with van der Waals surface area (Å²) < 4.78 is 9.53. The van der Waals surface area contributed by atoms with Crippen LogP contribution in [0.3, 0.4) is 0 Å². The third-order valence-electron chi connectivity index (χ3n) is 0.842. The smallest absolute Gasteiger partial charge is 0.327 e. The van der Waals surface area contributed by atoms with Gasteiger partial charge in [-0.15, -0.1) is 0 Å². The molecule has 0 amide bonds. The van der Waals surface area contributed by atoms with Crippen LogP contribution in [0.2, 0.25) is 0 Å². The zero-order chi connectivity index (χ0) is 10.5. The average molecular weight is 192 g/mol. The minimum absolute atomic E-state index is 0.0870. The van der Waals surface area contributed by atoms with Crippen LogP contribution in [0, 0.1) is 0 Å². The Hall–Kier alpha value is -0.910. The van der Waals surface area contributed by atoms with Crippen molar-refractivity contribution in [2.24, 2.45) is 0 Å². The highest BCUT2D eigenvalue weighted by Gasteiger charge is 1.82. The predicted octanol–water partition coefficient (Wildman–Crippen LogP) is -0.101. The van der Waals surface area contributed by atoms with E-state index in [9.17, 15) is 4.79 Å². The van der Waals surface area contributed by atoms with Crippen molar-refractivity contribution in [1.82, 2.24) is 0 Å². The van der Waals surface area contributed by atoms with Gasteiger partial charge in [-0.05, 0) is 0 Å². The van der Waals surface area contributed by atoms with E-state index in [0.29, 0.717) is 19.8 Å². The maximum Gasteiger partial charge on any atom is 0.327 e. The Labute approximate surface area is 77.6 Å². The first kappa shape index (κ1) is 14.6. The van der Waals surface area contributed by atoms with Crippen LogP contribution in [0.5, 0.6) is 0 Å². The number of aliphatic carboxylic acids is 1. The van der Waals surface area contributed by atoms with Crippen LogP contribution in [-0.4, -0.2) is 49.7 Å². The first-order valence-electron chi connectivity index (χ1n) is 3.72. The predicted molar refractivity (Wildman–Crippen MR) is 47.6 cm³/mol. The van der Waals surface area contributed by atoms with Gasteiger partial charge >= 0.3 is 5.97 Å². The Morgan fingerprint density at radius 3 is 2.31 bits per heavy atom. The van der Waals surface area contributed by atoms with Crippen molar-refractivity contribution in [3.63, 3.8) is 0 Å². The molecule has 0 aromatic rings. The third-order valence-corrected chi connectivity index (χ3v) is 0.842. The van der Waals surface area contributed by atoms with E-state index in [1.165, 1.54) is 0 Å². The highest BCUT2D eigenvalue weighted by molar-refractivity contribution is 5.78. The Morgan fingerprint density at radius 1 is 1.46 bits per heavy atom. The van der Waals surface area contributed by atoms with E-state index in [4.69, 9.17) is 14.9 Å². The van der Waals surface area contributed by atoms with Crippen molar-refractivity contribution in [2.45, 2.75) is 0 Å². The molecule has 0 heterocycles. The number of carbonyl (C=O) groups is 1. The lowest BCUT2D eigenvalue weighted by Crippen LogP contribution is -2.05. The fourth-order valence-corrected chi connectivity index (χ4v) is 0.309. The van der Waals surface area contributed by atoms with Gasteiger partial charge in [0.1, 0.15) is 0 Å². The number of carboxylic acid groups (broad SMARTS) is 1. The number of aliphatic hydroxyl groups is 1. The Bertz CT molecular complexity index is 118. The Balaban J connectivity index is 0. The van der Waals surface area contributed by atoms with E-state index < -0.39 is 5.97 Å². The topological polar surface area (TPSA) is 76.0 Å². The first-order chi connectivity index (χ1) is 6.18. The molecule has 0 bridgehead atoms. The lowest BCUT2D eigenvalue weighted by Gasteiger charge is -1.98. The van der Waals surface area contributed by atoms with Crippen LogP contribution in [-0.2, 0) is 14.3 Å². The summed E-state index contributed by atoms with van der Waals surface area (Å²) in [4.78, 5) is 9.25.